The van der Waals surface area contributed by atoms with E-state index in [1.807, 2.05) is 6.92 Å². The lowest BCUT2D eigenvalue weighted by Crippen LogP contribution is -2.12. The number of rotatable bonds is 2. The number of carbonyl (C=O) groups is 1. The number of halogens is 1. The van der Waals surface area contributed by atoms with Crippen LogP contribution in [0.15, 0.2) is 24.3 Å². The van der Waals surface area contributed by atoms with Crippen LogP contribution in [0.2, 0.25) is 0 Å². The minimum atomic E-state index is -0.566. The summed E-state index contributed by atoms with van der Waals surface area (Å²) in [4.78, 5) is 11.7. The van der Waals surface area contributed by atoms with Crippen LogP contribution in [0.1, 0.15) is 21.9 Å². The standard InChI is InChI=1S/C15H13FN4O2/c1-8-12(10-4-6-11(16)7-5-10)14-18-17-13(15(21)22-3)9(2)20(14)19-8/h4-7H,1-3H3. The highest BCUT2D eigenvalue weighted by Gasteiger charge is 2.20. The molecule has 0 unspecified atom stereocenters. The Balaban J connectivity index is 2.25. The average Bonchev–Trinajstić information content (AvgIpc) is 2.85. The van der Waals surface area contributed by atoms with Gasteiger partial charge in [-0.15, -0.1) is 10.2 Å². The molecule has 0 bridgehead atoms. The maximum Gasteiger partial charge on any atom is 0.360 e. The molecule has 0 radical (unpaired) electrons. The van der Waals surface area contributed by atoms with Crippen molar-refractivity contribution in [2.45, 2.75) is 13.8 Å². The van der Waals surface area contributed by atoms with Crippen molar-refractivity contribution in [3.63, 3.8) is 0 Å². The monoisotopic (exact) mass is 300 g/mol. The summed E-state index contributed by atoms with van der Waals surface area (Å²) in [5, 5.41) is 12.4. The predicted molar refractivity (Wildman–Crippen MR) is 77.0 cm³/mol. The van der Waals surface area contributed by atoms with E-state index in [-0.39, 0.29) is 11.5 Å². The van der Waals surface area contributed by atoms with Gasteiger partial charge < -0.3 is 4.74 Å². The average molecular weight is 300 g/mol. The second kappa shape index (κ2) is 5.18. The van der Waals surface area contributed by atoms with Gasteiger partial charge in [-0.2, -0.15) is 5.10 Å². The molecule has 2 heterocycles. The Bertz CT molecular complexity index is 871. The maximum atomic E-state index is 13.1. The third-order valence-corrected chi connectivity index (χ3v) is 3.45. The Morgan fingerprint density at radius 3 is 2.50 bits per heavy atom. The molecule has 1 aromatic carbocycles. The van der Waals surface area contributed by atoms with Crippen molar-refractivity contribution in [2.24, 2.45) is 0 Å². The molecule has 0 saturated carbocycles. The third kappa shape index (κ3) is 2.11. The minimum absolute atomic E-state index is 0.114. The summed E-state index contributed by atoms with van der Waals surface area (Å²) in [5.41, 5.74) is 3.41. The highest BCUT2D eigenvalue weighted by Crippen LogP contribution is 2.27. The van der Waals surface area contributed by atoms with Crippen molar-refractivity contribution in [3.05, 3.63) is 47.2 Å². The van der Waals surface area contributed by atoms with Crippen molar-refractivity contribution >= 4 is 11.6 Å². The summed E-state index contributed by atoms with van der Waals surface area (Å²) in [6, 6.07) is 6.07. The lowest BCUT2D eigenvalue weighted by Gasteiger charge is -2.04. The fraction of sp³-hybridized carbons (Fsp3) is 0.200. The Labute approximate surface area is 125 Å². The molecule has 22 heavy (non-hydrogen) atoms. The fourth-order valence-corrected chi connectivity index (χ4v) is 2.35. The number of hydrogen-bond acceptors (Lipinski definition) is 5. The number of aryl methyl sites for hydroxylation is 2. The molecule has 3 rings (SSSR count). The van der Waals surface area contributed by atoms with E-state index in [1.165, 1.54) is 19.2 Å². The molecule has 0 N–H and O–H groups in total. The van der Waals surface area contributed by atoms with E-state index in [1.54, 1.807) is 23.6 Å². The molecule has 0 aliphatic carbocycles. The summed E-state index contributed by atoms with van der Waals surface area (Å²) < 4.78 is 19.3. The van der Waals surface area contributed by atoms with E-state index >= 15 is 0 Å². The van der Waals surface area contributed by atoms with Gasteiger partial charge in [0.15, 0.2) is 11.3 Å². The highest BCUT2D eigenvalue weighted by atomic mass is 19.1. The summed E-state index contributed by atoms with van der Waals surface area (Å²) in [5.74, 6) is -0.878. The lowest BCUT2D eigenvalue weighted by molar-refractivity contribution is 0.0590. The first-order valence-electron chi connectivity index (χ1n) is 6.59. The van der Waals surface area contributed by atoms with Crippen LogP contribution in [0.3, 0.4) is 0 Å². The number of hydrogen-bond donors (Lipinski definition) is 0. The molecule has 0 aliphatic rings. The molecule has 0 amide bonds. The van der Waals surface area contributed by atoms with Crippen LogP contribution >= 0.6 is 0 Å². The van der Waals surface area contributed by atoms with Gasteiger partial charge in [-0.1, -0.05) is 12.1 Å². The quantitative estimate of drug-likeness (QED) is 0.679. The van der Waals surface area contributed by atoms with Gasteiger partial charge in [-0.25, -0.2) is 13.7 Å². The Morgan fingerprint density at radius 1 is 1.18 bits per heavy atom. The van der Waals surface area contributed by atoms with E-state index in [2.05, 4.69) is 20.0 Å². The summed E-state index contributed by atoms with van der Waals surface area (Å²) in [6.45, 7) is 3.54. The van der Waals surface area contributed by atoms with Crippen molar-refractivity contribution in [2.75, 3.05) is 7.11 Å². The molecule has 0 fully saturated rings. The zero-order valence-electron chi connectivity index (χ0n) is 12.3. The van der Waals surface area contributed by atoms with Gasteiger partial charge in [-0.3, -0.25) is 0 Å². The highest BCUT2D eigenvalue weighted by molar-refractivity contribution is 5.89. The summed E-state index contributed by atoms with van der Waals surface area (Å²) in [7, 11) is 1.28. The van der Waals surface area contributed by atoms with Gasteiger partial charge in [0.05, 0.1) is 24.1 Å². The normalized spacial score (nSPS) is 10.9. The fourth-order valence-electron chi connectivity index (χ4n) is 2.35. The van der Waals surface area contributed by atoms with Crippen LogP contribution in [-0.2, 0) is 4.74 Å². The molecular formula is C15H13FN4O2. The van der Waals surface area contributed by atoms with Gasteiger partial charge in [-0.05, 0) is 31.5 Å². The van der Waals surface area contributed by atoms with Gasteiger partial charge in [0.1, 0.15) is 5.82 Å². The molecule has 2 aromatic heterocycles. The van der Waals surface area contributed by atoms with Gasteiger partial charge >= 0.3 is 5.97 Å². The van der Waals surface area contributed by atoms with Crippen LogP contribution in [0, 0.1) is 19.7 Å². The second-order valence-electron chi connectivity index (χ2n) is 4.83. The zero-order valence-corrected chi connectivity index (χ0v) is 12.3. The van der Waals surface area contributed by atoms with Crippen LogP contribution < -0.4 is 0 Å². The summed E-state index contributed by atoms with van der Waals surface area (Å²) in [6.07, 6.45) is 0. The number of carbonyl (C=O) groups excluding carboxylic acids is 1. The van der Waals surface area contributed by atoms with Gasteiger partial charge in [0, 0.05) is 0 Å². The molecule has 3 aromatic rings. The SMILES string of the molecule is COC(=O)c1nnc2c(-c3ccc(F)cc3)c(C)nn2c1C. The van der Waals surface area contributed by atoms with Gasteiger partial charge in [0.2, 0.25) is 0 Å². The third-order valence-electron chi connectivity index (χ3n) is 3.45. The largest absolute Gasteiger partial charge is 0.464 e. The molecule has 0 atom stereocenters. The Morgan fingerprint density at radius 2 is 1.86 bits per heavy atom. The number of aromatic nitrogens is 4. The van der Waals surface area contributed by atoms with E-state index in [9.17, 15) is 9.18 Å². The molecule has 0 spiro atoms. The van der Waals surface area contributed by atoms with Crippen LogP contribution in [0.5, 0.6) is 0 Å². The van der Waals surface area contributed by atoms with Crippen molar-refractivity contribution < 1.29 is 13.9 Å². The predicted octanol–water partition coefficient (Wildman–Crippen LogP) is 2.33. The molecular weight excluding hydrogens is 287 g/mol. The number of methoxy groups -OCH3 is 1. The Hall–Kier alpha value is -2.83. The number of benzene rings is 1. The van der Waals surface area contributed by atoms with E-state index < -0.39 is 5.97 Å². The van der Waals surface area contributed by atoms with Crippen molar-refractivity contribution in [1.82, 2.24) is 19.8 Å². The first kappa shape index (κ1) is 14.1. The topological polar surface area (TPSA) is 69.4 Å². The Kier molecular flexibility index (Phi) is 3.32. The van der Waals surface area contributed by atoms with Gasteiger partial charge in [0.25, 0.3) is 0 Å². The lowest BCUT2D eigenvalue weighted by atomic mass is 10.1. The van der Waals surface area contributed by atoms with E-state index in [0.29, 0.717) is 17.0 Å². The zero-order chi connectivity index (χ0) is 15.9. The van der Waals surface area contributed by atoms with Crippen LogP contribution in [0.4, 0.5) is 4.39 Å². The van der Waals surface area contributed by atoms with E-state index in [0.717, 1.165) is 11.1 Å². The van der Waals surface area contributed by atoms with Crippen molar-refractivity contribution in [1.29, 1.82) is 0 Å². The first-order chi connectivity index (χ1) is 10.5. The second-order valence-corrected chi connectivity index (χ2v) is 4.83. The van der Waals surface area contributed by atoms with E-state index in [4.69, 9.17) is 0 Å². The van der Waals surface area contributed by atoms with Crippen LogP contribution in [0.25, 0.3) is 16.8 Å². The number of esters is 1. The maximum absolute atomic E-state index is 13.1. The minimum Gasteiger partial charge on any atom is -0.464 e. The molecule has 0 saturated heterocycles. The molecule has 0 aliphatic heterocycles. The van der Waals surface area contributed by atoms with Crippen molar-refractivity contribution in [3.8, 4) is 11.1 Å². The number of nitrogens with zero attached hydrogens (tertiary/aromatic N) is 4. The smallest absolute Gasteiger partial charge is 0.360 e. The number of ether oxygens (including phenoxy) is 1. The summed E-state index contributed by atoms with van der Waals surface area (Å²) >= 11 is 0. The van der Waals surface area contributed by atoms with Crippen LogP contribution in [-0.4, -0.2) is 32.9 Å². The molecule has 7 heteroatoms. The molecule has 6 nitrogen and oxygen atoms in total. The first-order valence-corrected chi connectivity index (χ1v) is 6.59. The number of fused-ring (bicyclic) bond motifs is 1. The molecule has 112 valence electrons.